The minimum Gasteiger partial charge on any atom is -0.303 e. The molecule has 2 aromatic carbocycles. The molecule has 28 heavy (non-hydrogen) atoms. The van der Waals surface area contributed by atoms with E-state index in [1.54, 1.807) is 30.3 Å². The summed E-state index contributed by atoms with van der Waals surface area (Å²) in [6.07, 6.45) is -3.46. The number of carbonyl (C=O) groups is 1. The molecule has 1 heterocycles. The van der Waals surface area contributed by atoms with Gasteiger partial charge >= 0.3 is 12.1 Å². The highest BCUT2D eigenvalue weighted by atomic mass is 19.4. The number of benzene rings is 2. The highest BCUT2D eigenvalue weighted by Gasteiger charge is 2.47. The lowest BCUT2D eigenvalue weighted by Crippen LogP contribution is -2.55. The van der Waals surface area contributed by atoms with Crippen LogP contribution in [0.25, 0.3) is 0 Å². The van der Waals surface area contributed by atoms with Gasteiger partial charge in [0.1, 0.15) is 0 Å². The Kier molecular flexibility index (Phi) is 6.39. The number of likely N-dealkylation sites (tertiary alicyclic amines) is 1. The van der Waals surface area contributed by atoms with Crippen molar-refractivity contribution in [1.29, 1.82) is 0 Å². The first kappa shape index (κ1) is 20.4. The number of piperidine rings is 1. The van der Waals surface area contributed by atoms with Gasteiger partial charge in [-0.3, -0.25) is 4.79 Å². The quantitative estimate of drug-likeness (QED) is 0.749. The van der Waals surface area contributed by atoms with Gasteiger partial charge in [0, 0.05) is 31.4 Å². The second-order valence-corrected chi connectivity index (χ2v) is 7.38. The van der Waals surface area contributed by atoms with Gasteiger partial charge in [-0.05, 0) is 36.5 Å². The molecule has 0 unspecified atom stereocenters. The van der Waals surface area contributed by atoms with Gasteiger partial charge in [0.15, 0.2) is 0 Å². The maximum atomic E-state index is 13.3. The maximum Gasteiger partial charge on any atom is 0.471 e. The van der Waals surface area contributed by atoms with Crippen LogP contribution in [0.1, 0.15) is 18.9 Å². The van der Waals surface area contributed by atoms with Crippen LogP contribution >= 0.6 is 0 Å². The molecule has 0 N–H and O–H groups in total. The Morgan fingerprint density at radius 3 is 2.25 bits per heavy atom. The average Bonchev–Trinajstić information content (AvgIpc) is 2.69. The maximum absolute atomic E-state index is 13.3. The molecular weight excluding hydrogens is 365 g/mol. The second-order valence-electron chi connectivity index (χ2n) is 7.38. The zero-order valence-corrected chi connectivity index (χ0v) is 15.9. The van der Waals surface area contributed by atoms with E-state index in [-0.39, 0.29) is 5.92 Å². The number of amides is 1. The predicted octanol–water partition coefficient (Wildman–Crippen LogP) is 4.54. The van der Waals surface area contributed by atoms with Gasteiger partial charge in [-0.25, -0.2) is 0 Å². The number of rotatable bonds is 5. The van der Waals surface area contributed by atoms with Crippen LogP contribution in [0.4, 0.5) is 18.9 Å². The average molecular weight is 390 g/mol. The molecule has 2 atom stereocenters. The SMILES string of the molecule is C[C@H]1CN(CCc2ccccc2)CC[C@H]1N(C(=O)C(F)(F)F)c1ccccc1. The van der Waals surface area contributed by atoms with E-state index in [1.165, 1.54) is 5.56 Å². The Hall–Kier alpha value is -2.34. The van der Waals surface area contributed by atoms with E-state index in [1.807, 2.05) is 25.1 Å². The monoisotopic (exact) mass is 390 g/mol. The largest absolute Gasteiger partial charge is 0.471 e. The van der Waals surface area contributed by atoms with Crippen molar-refractivity contribution in [3.8, 4) is 0 Å². The molecule has 1 aliphatic rings. The smallest absolute Gasteiger partial charge is 0.303 e. The summed E-state index contributed by atoms with van der Waals surface area (Å²) in [6, 6.07) is 17.9. The number of halogens is 3. The third kappa shape index (κ3) is 4.93. The summed E-state index contributed by atoms with van der Waals surface area (Å²) in [6.45, 7) is 4.14. The summed E-state index contributed by atoms with van der Waals surface area (Å²) in [4.78, 5) is 15.4. The van der Waals surface area contributed by atoms with E-state index in [0.717, 1.165) is 17.9 Å². The molecule has 2 aromatic rings. The molecular formula is C22H25F3N2O. The molecule has 3 nitrogen and oxygen atoms in total. The fraction of sp³-hybridized carbons (Fsp3) is 0.409. The Bertz CT molecular complexity index is 764. The minimum absolute atomic E-state index is 0.0592. The summed E-state index contributed by atoms with van der Waals surface area (Å²) in [5.41, 5.74) is 1.55. The number of para-hydroxylation sites is 1. The normalized spacial score (nSPS) is 20.7. The first-order chi connectivity index (χ1) is 13.4. The highest BCUT2D eigenvalue weighted by molar-refractivity contribution is 5.97. The van der Waals surface area contributed by atoms with Crippen LogP contribution in [-0.2, 0) is 11.2 Å². The standard InChI is InChI=1S/C22H25F3N2O/c1-17-16-26(14-12-18-8-4-2-5-9-18)15-13-20(17)27(21(28)22(23,24)25)19-10-6-3-7-11-19/h2-11,17,20H,12-16H2,1H3/t17-,20+/m0/s1. The van der Waals surface area contributed by atoms with E-state index in [4.69, 9.17) is 0 Å². The van der Waals surface area contributed by atoms with Crippen LogP contribution in [0.3, 0.4) is 0 Å². The van der Waals surface area contributed by atoms with Gasteiger partial charge in [0.2, 0.25) is 0 Å². The van der Waals surface area contributed by atoms with E-state index in [0.29, 0.717) is 25.2 Å². The Labute approximate surface area is 163 Å². The van der Waals surface area contributed by atoms with Gasteiger partial charge in [-0.1, -0.05) is 55.5 Å². The van der Waals surface area contributed by atoms with E-state index < -0.39 is 18.1 Å². The fourth-order valence-electron chi connectivity index (χ4n) is 3.92. The number of nitrogens with zero attached hydrogens (tertiary/aromatic N) is 2. The van der Waals surface area contributed by atoms with Gasteiger partial charge in [-0.15, -0.1) is 0 Å². The molecule has 0 saturated carbocycles. The zero-order chi connectivity index (χ0) is 20.1. The third-order valence-electron chi connectivity index (χ3n) is 5.33. The van der Waals surface area contributed by atoms with Crippen molar-refractivity contribution in [3.63, 3.8) is 0 Å². The lowest BCUT2D eigenvalue weighted by molar-refractivity contribution is -0.171. The van der Waals surface area contributed by atoms with Crippen molar-refractivity contribution in [1.82, 2.24) is 4.90 Å². The van der Waals surface area contributed by atoms with Crippen LogP contribution in [0.15, 0.2) is 60.7 Å². The number of hydrogen-bond acceptors (Lipinski definition) is 2. The molecule has 0 aromatic heterocycles. The van der Waals surface area contributed by atoms with E-state index >= 15 is 0 Å². The molecule has 0 spiro atoms. The molecule has 1 amide bonds. The zero-order valence-electron chi connectivity index (χ0n) is 15.9. The van der Waals surface area contributed by atoms with Crippen molar-refractivity contribution >= 4 is 11.6 Å². The Morgan fingerprint density at radius 1 is 1.07 bits per heavy atom. The number of alkyl halides is 3. The van der Waals surface area contributed by atoms with Crippen LogP contribution in [0.2, 0.25) is 0 Å². The van der Waals surface area contributed by atoms with Gasteiger partial charge in [-0.2, -0.15) is 13.2 Å². The van der Waals surface area contributed by atoms with Crippen molar-refractivity contribution in [2.45, 2.75) is 32.0 Å². The molecule has 0 bridgehead atoms. The lowest BCUT2D eigenvalue weighted by Gasteiger charge is -2.43. The lowest BCUT2D eigenvalue weighted by atomic mass is 9.91. The van der Waals surface area contributed by atoms with E-state index in [2.05, 4.69) is 17.0 Å². The van der Waals surface area contributed by atoms with Crippen molar-refractivity contribution in [3.05, 3.63) is 66.2 Å². The van der Waals surface area contributed by atoms with Crippen LogP contribution in [0, 0.1) is 5.92 Å². The predicted molar refractivity (Wildman–Crippen MR) is 104 cm³/mol. The number of anilines is 1. The first-order valence-electron chi connectivity index (χ1n) is 9.58. The molecule has 1 fully saturated rings. The molecule has 1 aliphatic heterocycles. The number of carbonyl (C=O) groups excluding carboxylic acids is 1. The van der Waals surface area contributed by atoms with Crippen molar-refractivity contribution < 1.29 is 18.0 Å². The topological polar surface area (TPSA) is 23.6 Å². The van der Waals surface area contributed by atoms with Gasteiger partial charge in [0.25, 0.3) is 0 Å². The molecule has 3 rings (SSSR count). The van der Waals surface area contributed by atoms with Gasteiger partial charge < -0.3 is 9.80 Å². The number of hydrogen-bond donors (Lipinski definition) is 0. The minimum atomic E-state index is -4.89. The summed E-state index contributed by atoms with van der Waals surface area (Å²) in [5.74, 6) is -1.84. The molecule has 1 saturated heterocycles. The highest BCUT2D eigenvalue weighted by Crippen LogP contribution is 2.31. The van der Waals surface area contributed by atoms with E-state index in [9.17, 15) is 18.0 Å². The van der Waals surface area contributed by atoms with Crippen LogP contribution in [-0.4, -0.2) is 42.7 Å². The van der Waals surface area contributed by atoms with Crippen molar-refractivity contribution in [2.75, 3.05) is 24.5 Å². The molecule has 150 valence electrons. The van der Waals surface area contributed by atoms with Gasteiger partial charge in [0.05, 0.1) is 0 Å². The fourth-order valence-corrected chi connectivity index (χ4v) is 3.92. The Morgan fingerprint density at radius 2 is 1.68 bits per heavy atom. The Balaban J connectivity index is 1.70. The molecule has 0 aliphatic carbocycles. The molecule has 0 radical (unpaired) electrons. The molecule has 6 heteroatoms. The van der Waals surface area contributed by atoms with Crippen LogP contribution in [0.5, 0.6) is 0 Å². The second kappa shape index (κ2) is 8.78. The third-order valence-corrected chi connectivity index (χ3v) is 5.33. The first-order valence-corrected chi connectivity index (χ1v) is 9.58. The summed E-state index contributed by atoms with van der Waals surface area (Å²) in [5, 5.41) is 0. The summed E-state index contributed by atoms with van der Waals surface area (Å²) in [7, 11) is 0. The summed E-state index contributed by atoms with van der Waals surface area (Å²) < 4.78 is 39.8. The van der Waals surface area contributed by atoms with Crippen LogP contribution < -0.4 is 4.90 Å². The summed E-state index contributed by atoms with van der Waals surface area (Å²) >= 11 is 0. The van der Waals surface area contributed by atoms with Crippen molar-refractivity contribution in [2.24, 2.45) is 5.92 Å².